The van der Waals surface area contributed by atoms with E-state index in [2.05, 4.69) is 5.32 Å². The second kappa shape index (κ2) is 9.45. The second-order valence-corrected chi connectivity index (χ2v) is 8.52. The van der Waals surface area contributed by atoms with Gasteiger partial charge in [0.05, 0.1) is 20.3 Å². The number of halogens is 1. The number of morpholine rings is 1. The molecule has 2 aromatic rings. The normalized spacial score (nSPS) is 15.0. The summed E-state index contributed by atoms with van der Waals surface area (Å²) < 4.78 is 43.1. The van der Waals surface area contributed by atoms with Crippen LogP contribution in [0.2, 0.25) is 5.02 Å². The van der Waals surface area contributed by atoms with Gasteiger partial charge in [-0.25, -0.2) is 8.42 Å². The number of hydrogen-bond acceptors (Lipinski definition) is 6. The molecule has 0 aromatic heterocycles. The number of hydrogen-bond donors (Lipinski definition) is 1. The molecule has 0 bridgehead atoms. The molecule has 0 spiro atoms. The molecule has 1 aliphatic heterocycles. The number of methoxy groups -OCH3 is 1. The molecular formula is C19H21ClN2O6S. The molecule has 0 unspecified atom stereocenters. The number of sulfonamides is 1. The molecule has 1 amide bonds. The van der Waals surface area contributed by atoms with Crippen LogP contribution in [0.5, 0.6) is 11.5 Å². The number of rotatable bonds is 7. The summed E-state index contributed by atoms with van der Waals surface area (Å²) in [5, 5.41) is 3.20. The largest absolute Gasteiger partial charge is 0.495 e. The van der Waals surface area contributed by atoms with Gasteiger partial charge in [0.2, 0.25) is 10.0 Å². The van der Waals surface area contributed by atoms with Crippen LogP contribution in [0, 0.1) is 0 Å². The first-order chi connectivity index (χ1) is 13.9. The third-order valence-corrected chi connectivity index (χ3v) is 6.39. The molecule has 0 radical (unpaired) electrons. The van der Waals surface area contributed by atoms with Crippen molar-refractivity contribution in [1.82, 2.24) is 4.31 Å². The van der Waals surface area contributed by atoms with Crippen LogP contribution < -0.4 is 14.8 Å². The van der Waals surface area contributed by atoms with Crippen LogP contribution in [0.15, 0.2) is 47.4 Å². The quantitative estimate of drug-likeness (QED) is 0.710. The average molecular weight is 441 g/mol. The fourth-order valence-electron chi connectivity index (χ4n) is 2.76. The predicted octanol–water partition coefficient (Wildman–Crippen LogP) is 2.39. The van der Waals surface area contributed by atoms with E-state index in [9.17, 15) is 13.2 Å². The first kappa shape index (κ1) is 21.4. The zero-order chi connectivity index (χ0) is 20.9. The molecule has 1 aliphatic rings. The number of carbonyl (C=O) groups is 1. The summed E-state index contributed by atoms with van der Waals surface area (Å²) >= 11 is 5.81. The molecule has 8 nitrogen and oxygen atoms in total. The molecule has 10 heteroatoms. The van der Waals surface area contributed by atoms with E-state index in [0.29, 0.717) is 29.7 Å². The number of nitrogens with one attached hydrogen (secondary N) is 1. The zero-order valence-electron chi connectivity index (χ0n) is 15.8. The minimum atomic E-state index is -3.79. The van der Waals surface area contributed by atoms with Crippen molar-refractivity contribution in [3.05, 3.63) is 47.5 Å². The Hall–Kier alpha value is -2.33. The average Bonchev–Trinajstić information content (AvgIpc) is 2.74. The van der Waals surface area contributed by atoms with Crippen molar-refractivity contribution in [3.63, 3.8) is 0 Å². The van der Waals surface area contributed by atoms with Crippen molar-refractivity contribution in [2.45, 2.75) is 4.90 Å². The van der Waals surface area contributed by atoms with Crippen molar-refractivity contribution in [3.8, 4) is 11.5 Å². The summed E-state index contributed by atoms with van der Waals surface area (Å²) in [6.07, 6.45) is 0. The van der Waals surface area contributed by atoms with Gasteiger partial charge in [-0.3, -0.25) is 4.79 Å². The Balaban J connectivity index is 1.72. The van der Waals surface area contributed by atoms with Crippen molar-refractivity contribution in [1.29, 1.82) is 0 Å². The van der Waals surface area contributed by atoms with Crippen molar-refractivity contribution < 1.29 is 27.4 Å². The highest BCUT2D eigenvalue weighted by Gasteiger charge is 2.29. The van der Waals surface area contributed by atoms with E-state index >= 15 is 0 Å². The highest BCUT2D eigenvalue weighted by Crippen LogP contribution is 2.30. The Morgan fingerprint density at radius 2 is 1.86 bits per heavy atom. The van der Waals surface area contributed by atoms with E-state index in [0.717, 1.165) is 0 Å². The van der Waals surface area contributed by atoms with Gasteiger partial charge in [-0.1, -0.05) is 11.6 Å². The smallest absolute Gasteiger partial charge is 0.262 e. The maximum Gasteiger partial charge on any atom is 0.262 e. The van der Waals surface area contributed by atoms with Crippen LogP contribution in [0.3, 0.4) is 0 Å². The van der Waals surface area contributed by atoms with Crippen LogP contribution in [-0.2, 0) is 19.6 Å². The maximum atomic E-state index is 13.0. The van der Waals surface area contributed by atoms with Crippen LogP contribution in [0.4, 0.5) is 5.69 Å². The van der Waals surface area contributed by atoms with Crippen LogP contribution in [0.1, 0.15) is 0 Å². The summed E-state index contributed by atoms with van der Waals surface area (Å²) in [6.45, 7) is 0.952. The Kier molecular flexibility index (Phi) is 6.96. The van der Waals surface area contributed by atoms with Gasteiger partial charge < -0.3 is 19.5 Å². The number of ether oxygens (including phenoxy) is 3. The zero-order valence-corrected chi connectivity index (χ0v) is 17.3. The summed E-state index contributed by atoms with van der Waals surface area (Å²) in [5.74, 6) is 0.265. The molecule has 0 atom stereocenters. The fourth-order valence-corrected chi connectivity index (χ4v) is 4.47. The van der Waals surface area contributed by atoms with Crippen LogP contribution >= 0.6 is 11.6 Å². The van der Waals surface area contributed by atoms with E-state index < -0.39 is 15.9 Å². The van der Waals surface area contributed by atoms with E-state index in [1.54, 1.807) is 30.3 Å². The Labute approximate surface area is 174 Å². The number of amides is 1. The third-order valence-electron chi connectivity index (χ3n) is 4.22. The number of anilines is 1. The minimum Gasteiger partial charge on any atom is -0.495 e. The molecule has 1 saturated heterocycles. The van der Waals surface area contributed by atoms with Gasteiger partial charge in [-0.05, 0) is 42.5 Å². The third kappa shape index (κ3) is 5.39. The lowest BCUT2D eigenvalue weighted by atomic mass is 10.3. The predicted molar refractivity (Wildman–Crippen MR) is 108 cm³/mol. The highest BCUT2D eigenvalue weighted by molar-refractivity contribution is 7.89. The van der Waals surface area contributed by atoms with Gasteiger partial charge in [-0.15, -0.1) is 0 Å². The van der Waals surface area contributed by atoms with Crippen LogP contribution in [-0.4, -0.2) is 58.7 Å². The van der Waals surface area contributed by atoms with Gasteiger partial charge in [0.15, 0.2) is 6.61 Å². The van der Waals surface area contributed by atoms with E-state index in [4.69, 9.17) is 25.8 Å². The van der Waals surface area contributed by atoms with Gasteiger partial charge in [0, 0.05) is 23.8 Å². The van der Waals surface area contributed by atoms with E-state index in [1.807, 2.05) is 0 Å². The molecule has 0 saturated carbocycles. The molecule has 29 heavy (non-hydrogen) atoms. The topological polar surface area (TPSA) is 94.2 Å². The highest BCUT2D eigenvalue weighted by atomic mass is 35.5. The lowest BCUT2D eigenvalue weighted by molar-refractivity contribution is -0.118. The Morgan fingerprint density at radius 3 is 2.52 bits per heavy atom. The van der Waals surface area contributed by atoms with Gasteiger partial charge >= 0.3 is 0 Å². The number of carbonyl (C=O) groups excluding carboxylic acids is 1. The van der Waals surface area contributed by atoms with Gasteiger partial charge in [-0.2, -0.15) is 4.31 Å². The minimum absolute atomic E-state index is 0.0154. The summed E-state index contributed by atoms with van der Waals surface area (Å²) in [5.41, 5.74) is 0.322. The molecule has 3 rings (SSSR count). The number of benzene rings is 2. The molecule has 2 aromatic carbocycles. The molecule has 1 N–H and O–H groups in total. The Morgan fingerprint density at radius 1 is 1.17 bits per heavy atom. The molecule has 1 heterocycles. The van der Waals surface area contributed by atoms with Crippen LogP contribution in [0.25, 0.3) is 0 Å². The monoisotopic (exact) mass is 440 g/mol. The summed E-state index contributed by atoms with van der Waals surface area (Å²) in [7, 11) is -2.39. The SMILES string of the molecule is COc1ccc(NC(=O)COc2ccc(Cl)cc2)cc1S(=O)(=O)N1CCOCC1. The number of nitrogens with zero attached hydrogens (tertiary/aromatic N) is 1. The molecule has 0 aliphatic carbocycles. The first-order valence-corrected chi connectivity index (χ1v) is 10.7. The molecular weight excluding hydrogens is 420 g/mol. The lowest BCUT2D eigenvalue weighted by Crippen LogP contribution is -2.40. The Bertz CT molecular complexity index is 959. The summed E-state index contributed by atoms with van der Waals surface area (Å²) in [4.78, 5) is 12.2. The summed E-state index contributed by atoms with van der Waals surface area (Å²) in [6, 6.07) is 11.1. The second-order valence-electron chi connectivity index (χ2n) is 6.17. The van der Waals surface area contributed by atoms with Gasteiger partial charge in [0.25, 0.3) is 5.91 Å². The van der Waals surface area contributed by atoms with E-state index in [1.165, 1.54) is 23.5 Å². The van der Waals surface area contributed by atoms with Crippen molar-refractivity contribution in [2.24, 2.45) is 0 Å². The maximum absolute atomic E-state index is 13.0. The van der Waals surface area contributed by atoms with Gasteiger partial charge in [0.1, 0.15) is 16.4 Å². The fraction of sp³-hybridized carbons (Fsp3) is 0.316. The van der Waals surface area contributed by atoms with E-state index in [-0.39, 0.29) is 30.3 Å². The molecule has 1 fully saturated rings. The van der Waals surface area contributed by atoms with Crippen molar-refractivity contribution in [2.75, 3.05) is 45.3 Å². The standard InChI is InChI=1S/C19H21ClN2O6S/c1-26-17-7-4-15(12-18(17)29(24,25)22-8-10-27-11-9-22)21-19(23)13-28-16-5-2-14(20)3-6-16/h2-7,12H,8-11,13H2,1H3,(H,21,23). The molecule has 156 valence electrons. The first-order valence-electron chi connectivity index (χ1n) is 8.84. The van der Waals surface area contributed by atoms with Crippen molar-refractivity contribution >= 4 is 33.2 Å². The lowest BCUT2D eigenvalue weighted by Gasteiger charge is -2.26.